The summed E-state index contributed by atoms with van der Waals surface area (Å²) in [6, 6.07) is 6.65. The molecule has 0 aliphatic carbocycles. The van der Waals surface area contributed by atoms with Gasteiger partial charge in [0, 0.05) is 18.8 Å². The van der Waals surface area contributed by atoms with Gasteiger partial charge in [-0.3, -0.25) is 14.5 Å². The van der Waals surface area contributed by atoms with Gasteiger partial charge in [0.2, 0.25) is 0 Å². The standard InChI is InChI=1S/C18H23N3O5S/c1-18(12-5-4-6-13(9-12)25-2)16(23)21(17(24)19-18)11-20-7-8-27-14(10-20)15(22)26-3/h4-6,9,14H,7-8,10-11H2,1-3H3,(H,19,24)/t14-,18-/m0/s1. The zero-order chi connectivity index (χ0) is 19.6. The van der Waals surface area contributed by atoms with Crippen LogP contribution in [0.1, 0.15) is 12.5 Å². The largest absolute Gasteiger partial charge is 0.497 e. The number of imide groups is 1. The van der Waals surface area contributed by atoms with Crippen LogP contribution in [0.3, 0.4) is 0 Å². The van der Waals surface area contributed by atoms with Crippen molar-refractivity contribution in [3.63, 3.8) is 0 Å². The number of carbonyl (C=O) groups is 3. The molecule has 2 saturated heterocycles. The van der Waals surface area contributed by atoms with E-state index in [0.29, 0.717) is 24.4 Å². The van der Waals surface area contributed by atoms with Crippen molar-refractivity contribution >= 4 is 29.7 Å². The van der Waals surface area contributed by atoms with E-state index >= 15 is 0 Å². The SMILES string of the molecule is COC(=O)[C@@H]1CN(CN2C(=O)N[C@@](C)(c3cccc(OC)c3)C2=O)CCS1. The molecular formula is C18H23N3O5S. The van der Waals surface area contributed by atoms with Gasteiger partial charge < -0.3 is 14.8 Å². The maximum Gasteiger partial charge on any atom is 0.326 e. The van der Waals surface area contributed by atoms with Crippen LogP contribution in [-0.4, -0.2) is 72.7 Å². The van der Waals surface area contributed by atoms with E-state index in [1.165, 1.54) is 23.8 Å². The number of urea groups is 1. The minimum Gasteiger partial charge on any atom is -0.497 e. The van der Waals surface area contributed by atoms with E-state index < -0.39 is 11.6 Å². The third-order valence-corrected chi connectivity index (χ3v) is 6.04. The predicted octanol–water partition coefficient (Wildman–Crippen LogP) is 1.01. The fourth-order valence-corrected chi connectivity index (χ4v) is 4.46. The van der Waals surface area contributed by atoms with Gasteiger partial charge in [0.1, 0.15) is 16.5 Å². The highest BCUT2D eigenvalue weighted by Gasteiger charge is 2.49. The van der Waals surface area contributed by atoms with Gasteiger partial charge in [0.05, 0.1) is 20.9 Å². The Labute approximate surface area is 162 Å². The minimum absolute atomic E-state index is 0.137. The molecule has 2 atom stereocenters. The third-order valence-electron chi connectivity index (χ3n) is 4.88. The molecule has 1 aromatic rings. The average Bonchev–Trinajstić information content (AvgIpc) is 2.91. The van der Waals surface area contributed by atoms with Gasteiger partial charge in [-0.05, 0) is 24.6 Å². The summed E-state index contributed by atoms with van der Waals surface area (Å²) in [5, 5.41) is 2.48. The zero-order valence-electron chi connectivity index (χ0n) is 15.6. The highest BCUT2D eigenvalue weighted by molar-refractivity contribution is 8.00. The summed E-state index contributed by atoms with van der Waals surface area (Å²) in [6.07, 6.45) is 0. The summed E-state index contributed by atoms with van der Waals surface area (Å²) >= 11 is 1.53. The molecule has 0 aromatic heterocycles. The first kappa shape index (κ1) is 19.5. The number of nitrogens with one attached hydrogen (secondary N) is 1. The molecule has 0 bridgehead atoms. The maximum absolute atomic E-state index is 13.1. The Morgan fingerprint density at radius 1 is 1.37 bits per heavy atom. The van der Waals surface area contributed by atoms with E-state index in [2.05, 4.69) is 5.32 Å². The highest BCUT2D eigenvalue weighted by atomic mass is 32.2. The Hall–Kier alpha value is -2.26. The summed E-state index contributed by atoms with van der Waals surface area (Å²) in [5.74, 6) is 0.733. The lowest BCUT2D eigenvalue weighted by Crippen LogP contribution is -2.49. The van der Waals surface area contributed by atoms with E-state index in [4.69, 9.17) is 9.47 Å². The minimum atomic E-state index is -1.15. The van der Waals surface area contributed by atoms with Crippen LogP contribution in [0.4, 0.5) is 4.79 Å². The number of benzene rings is 1. The Morgan fingerprint density at radius 3 is 2.85 bits per heavy atom. The summed E-state index contributed by atoms with van der Waals surface area (Å²) in [6.45, 7) is 2.94. The van der Waals surface area contributed by atoms with Crippen molar-refractivity contribution in [3.8, 4) is 5.75 Å². The van der Waals surface area contributed by atoms with Crippen molar-refractivity contribution in [1.82, 2.24) is 15.1 Å². The smallest absolute Gasteiger partial charge is 0.326 e. The molecule has 1 aromatic carbocycles. The number of ether oxygens (including phenoxy) is 2. The summed E-state index contributed by atoms with van der Waals surface area (Å²) in [4.78, 5) is 40.5. The molecule has 3 rings (SSSR count). The molecule has 8 nitrogen and oxygen atoms in total. The van der Waals surface area contributed by atoms with Gasteiger partial charge in [0.15, 0.2) is 0 Å². The normalized spacial score (nSPS) is 26.0. The molecule has 27 heavy (non-hydrogen) atoms. The molecule has 2 heterocycles. The lowest BCUT2D eigenvalue weighted by Gasteiger charge is -2.33. The number of methoxy groups -OCH3 is 2. The van der Waals surface area contributed by atoms with Crippen molar-refractivity contribution in [2.24, 2.45) is 0 Å². The van der Waals surface area contributed by atoms with Crippen molar-refractivity contribution in [1.29, 1.82) is 0 Å². The highest BCUT2D eigenvalue weighted by Crippen LogP contribution is 2.31. The number of esters is 1. The molecule has 2 aliphatic heterocycles. The maximum atomic E-state index is 13.1. The number of hydrogen-bond acceptors (Lipinski definition) is 7. The second-order valence-corrected chi connectivity index (χ2v) is 7.93. The first-order valence-corrected chi connectivity index (χ1v) is 9.64. The molecule has 3 amide bonds. The molecule has 2 aliphatic rings. The van der Waals surface area contributed by atoms with E-state index in [1.807, 2.05) is 4.90 Å². The summed E-state index contributed by atoms with van der Waals surface area (Å²) < 4.78 is 10.0. The van der Waals surface area contributed by atoms with Crippen LogP contribution in [0.2, 0.25) is 0 Å². The van der Waals surface area contributed by atoms with Gasteiger partial charge in [0.25, 0.3) is 5.91 Å². The molecule has 146 valence electrons. The Kier molecular flexibility index (Phi) is 5.61. The molecule has 0 unspecified atom stereocenters. The molecule has 0 saturated carbocycles. The number of amides is 3. The van der Waals surface area contributed by atoms with Crippen LogP contribution >= 0.6 is 11.8 Å². The lowest BCUT2D eigenvalue weighted by molar-refractivity contribution is -0.140. The number of rotatable bonds is 5. The summed E-state index contributed by atoms with van der Waals surface area (Å²) in [5.41, 5.74) is -0.498. The topological polar surface area (TPSA) is 88.2 Å². The van der Waals surface area contributed by atoms with Crippen molar-refractivity contribution in [2.45, 2.75) is 17.7 Å². The third kappa shape index (κ3) is 3.74. The first-order valence-electron chi connectivity index (χ1n) is 8.59. The zero-order valence-corrected chi connectivity index (χ0v) is 16.4. The van der Waals surface area contributed by atoms with Crippen LogP contribution in [0.5, 0.6) is 5.75 Å². The molecule has 0 spiro atoms. The fourth-order valence-electron chi connectivity index (χ4n) is 3.26. The van der Waals surface area contributed by atoms with E-state index in [1.54, 1.807) is 38.3 Å². The van der Waals surface area contributed by atoms with Gasteiger partial charge in [-0.15, -0.1) is 11.8 Å². The predicted molar refractivity (Wildman–Crippen MR) is 100 cm³/mol. The molecule has 0 radical (unpaired) electrons. The first-order chi connectivity index (χ1) is 12.9. The van der Waals surface area contributed by atoms with E-state index in [-0.39, 0.29) is 23.8 Å². The van der Waals surface area contributed by atoms with Gasteiger partial charge >= 0.3 is 12.0 Å². The fraction of sp³-hybridized carbons (Fsp3) is 0.500. The Balaban J connectivity index is 1.75. The van der Waals surface area contributed by atoms with Crippen LogP contribution in [0.25, 0.3) is 0 Å². The summed E-state index contributed by atoms with van der Waals surface area (Å²) in [7, 11) is 2.91. The van der Waals surface area contributed by atoms with Crippen LogP contribution in [0, 0.1) is 0 Å². The molecule has 9 heteroatoms. The number of thioether (sulfide) groups is 1. The van der Waals surface area contributed by atoms with Gasteiger partial charge in [-0.1, -0.05) is 12.1 Å². The van der Waals surface area contributed by atoms with Crippen LogP contribution in [0.15, 0.2) is 24.3 Å². The quantitative estimate of drug-likeness (QED) is 0.590. The molecule has 2 fully saturated rings. The van der Waals surface area contributed by atoms with Crippen LogP contribution < -0.4 is 10.1 Å². The van der Waals surface area contributed by atoms with Crippen LogP contribution in [-0.2, 0) is 19.9 Å². The Morgan fingerprint density at radius 2 is 2.15 bits per heavy atom. The second kappa shape index (κ2) is 7.77. The Bertz CT molecular complexity index is 758. The second-order valence-electron chi connectivity index (χ2n) is 6.62. The van der Waals surface area contributed by atoms with E-state index in [0.717, 1.165) is 5.75 Å². The van der Waals surface area contributed by atoms with Gasteiger partial charge in [-0.25, -0.2) is 9.69 Å². The number of hydrogen-bond donors (Lipinski definition) is 1. The lowest BCUT2D eigenvalue weighted by atomic mass is 9.92. The van der Waals surface area contributed by atoms with Crippen molar-refractivity contribution in [3.05, 3.63) is 29.8 Å². The van der Waals surface area contributed by atoms with Crippen molar-refractivity contribution < 1.29 is 23.9 Å². The monoisotopic (exact) mass is 393 g/mol. The number of carbonyl (C=O) groups excluding carboxylic acids is 3. The molecular weight excluding hydrogens is 370 g/mol. The average molecular weight is 393 g/mol. The van der Waals surface area contributed by atoms with E-state index in [9.17, 15) is 14.4 Å². The van der Waals surface area contributed by atoms with Crippen molar-refractivity contribution in [2.75, 3.05) is 39.7 Å². The van der Waals surface area contributed by atoms with Gasteiger partial charge in [-0.2, -0.15) is 0 Å². The number of nitrogens with zero attached hydrogens (tertiary/aromatic N) is 2. The molecule has 1 N–H and O–H groups in total.